The van der Waals surface area contributed by atoms with Crippen LogP contribution in [0.3, 0.4) is 0 Å². The van der Waals surface area contributed by atoms with Crippen LogP contribution in [0, 0.1) is 6.92 Å². The summed E-state index contributed by atoms with van der Waals surface area (Å²) in [5.74, 6) is -0.497. The van der Waals surface area contributed by atoms with Crippen LogP contribution in [0.15, 0.2) is 28.7 Å². The molecule has 0 unspecified atom stereocenters. The molecule has 0 fully saturated rings. The average molecular weight is 370 g/mol. The molecule has 0 bridgehead atoms. The molecule has 0 aliphatic rings. The van der Waals surface area contributed by atoms with E-state index >= 15 is 0 Å². The van der Waals surface area contributed by atoms with E-state index in [4.69, 9.17) is 16.7 Å². The van der Waals surface area contributed by atoms with E-state index in [1.165, 1.54) is 6.07 Å². The topological polar surface area (TPSA) is 62.2 Å². The zero-order valence-corrected chi connectivity index (χ0v) is 13.9. The van der Waals surface area contributed by atoms with Crippen LogP contribution in [0.1, 0.15) is 28.5 Å². The van der Waals surface area contributed by atoms with Gasteiger partial charge >= 0.3 is 5.97 Å². The Balaban J connectivity index is 2.41. The minimum atomic E-state index is -0.976. The van der Waals surface area contributed by atoms with Gasteiger partial charge in [0.2, 0.25) is 0 Å². The number of halogens is 2. The van der Waals surface area contributed by atoms with Crippen molar-refractivity contribution in [3.8, 4) is 0 Å². The van der Waals surface area contributed by atoms with Crippen molar-refractivity contribution >= 4 is 45.0 Å². The Kier molecular flexibility index (Phi) is 4.85. The summed E-state index contributed by atoms with van der Waals surface area (Å²) in [6.07, 6.45) is 0.658. The molecule has 6 heteroatoms. The number of anilines is 2. The van der Waals surface area contributed by atoms with Crippen molar-refractivity contribution in [3.63, 3.8) is 0 Å². The van der Waals surface area contributed by atoms with Gasteiger partial charge in [-0.05, 0) is 59.1 Å². The monoisotopic (exact) mass is 368 g/mol. The van der Waals surface area contributed by atoms with Crippen molar-refractivity contribution in [1.29, 1.82) is 0 Å². The van der Waals surface area contributed by atoms with Gasteiger partial charge in [-0.2, -0.15) is 0 Å². The number of rotatable bonds is 4. The van der Waals surface area contributed by atoms with E-state index < -0.39 is 5.97 Å². The second kappa shape index (κ2) is 6.45. The van der Waals surface area contributed by atoms with Crippen molar-refractivity contribution < 1.29 is 9.90 Å². The lowest BCUT2D eigenvalue weighted by atomic mass is 10.2. The third kappa shape index (κ3) is 3.74. The Morgan fingerprint density at radius 3 is 2.71 bits per heavy atom. The SMILES string of the molecule is CCc1cc(C(=O)O)cc(Nc2cc(Cl)c(C)cc2Br)n1. The van der Waals surface area contributed by atoms with Gasteiger partial charge < -0.3 is 10.4 Å². The predicted molar refractivity (Wildman–Crippen MR) is 87.7 cm³/mol. The maximum absolute atomic E-state index is 11.2. The standard InChI is InChI=1S/C15H14BrClN2O2/c1-3-10-5-9(15(20)21)6-14(18-10)19-13-7-12(17)8(2)4-11(13)16/h4-7H,3H2,1-2H3,(H,18,19)(H,20,21). The lowest BCUT2D eigenvalue weighted by Crippen LogP contribution is -2.03. The fourth-order valence-corrected chi connectivity index (χ4v) is 2.56. The third-order valence-corrected chi connectivity index (χ3v) is 4.06. The van der Waals surface area contributed by atoms with Gasteiger partial charge in [0, 0.05) is 15.2 Å². The van der Waals surface area contributed by atoms with Crippen molar-refractivity contribution in [1.82, 2.24) is 4.98 Å². The molecule has 0 saturated heterocycles. The molecule has 0 aliphatic heterocycles. The van der Waals surface area contributed by atoms with Crippen LogP contribution in [0.2, 0.25) is 5.02 Å². The molecule has 2 rings (SSSR count). The zero-order valence-electron chi connectivity index (χ0n) is 11.6. The van der Waals surface area contributed by atoms with Gasteiger partial charge in [-0.25, -0.2) is 9.78 Å². The summed E-state index contributed by atoms with van der Waals surface area (Å²) < 4.78 is 0.838. The van der Waals surface area contributed by atoms with E-state index in [-0.39, 0.29) is 5.56 Å². The summed E-state index contributed by atoms with van der Waals surface area (Å²) in [5.41, 5.74) is 2.61. The van der Waals surface area contributed by atoms with Gasteiger partial charge in [0.05, 0.1) is 11.3 Å². The van der Waals surface area contributed by atoms with Crippen molar-refractivity contribution in [2.24, 2.45) is 0 Å². The first kappa shape index (κ1) is 15.8. The fraction of sp³-hybridized carbons (Fsp3) is 0.200. The highest BCUT2D eigenvalue weighted by atomic mass is 79.9. The molecule has 0 spiro atoms. The minimum absolute atomic E-state index is 0.207. The molecule has 1 heterocycles. The van der Waals surface area contributed by atoms with E-state index in [9.17, 15) is 4.79 Å². The Labute approximate surface area is 136 Å². The van der Waals surface area contributed by atoms with Crippen LogP contribution in [0.5, 0.6) is 0 Å². The molecule has 0 amide bonds. The van der Waals surface area contributed by atoms with E-state index in [0.29, 0.717) is 23.0 Å². The summed E-state index contributed by atoms with van der Waals surface area (Å²) in [4.78, 5) is 15.5. The number of hydrogen-bond acceptors (Lipinski definition) is 3. The van der Waals surface area contributed by atoms with Gasteiger partial charge in [0.15, 0.2) is 0 Å². The molecule has 2 N–H and O–H groups in total. The highest BCUT2D eigenvalue weighted by Gasteiger charge is 2.10. The number of nitrogens with one attached hydrogen (secondary N) is 1. The molecular weight excluding hydrogens is 356 g/mol. The van der Waals surface area contributed by atoms with Gasteiger partial charge in [-0.3, -0.25) is 0 Å². The van der Waals surface area contributed by atoms with E-state index in [2.05, 4.69) is 26.2 Å². The molecule has 0 atom stereocenters. The van der Waals surface area contributed by atoms with E-state index in [1.54, 1.807) is 12.1 Å². The lowest BCUT2D eigenvalue weighted by Gasteiger charge is -2.11. The predicted octanol–water partition coefficient (Wildman–Crippen LogP) is 4.81. The summed E-state index contributed by atoms with van der Waals surface area (Å²) in [7, 11) is 0. The van der Waals surface area contributed by atoms with Crippen molar-refractivity contribution in [3.05, 3.63) is 50.6 Å². The van der Waals surface area contributed by atoms with Crippen LogP contribution in [-0.2, 0) is 6.42 Å². The van der Waals surface area contributed by atoms with Crippen LogP contribution in [-0.4, -0.2) is 16.1 Å². The van der Waals surface area contributed by atoms with Crippen LogP contribution in [0.4, 0.5) is 11.5 Å². The number of carboxylic acid groups (broad SMARTS) is 1. The maximum Gasteiger partial charge on any atom is 0.335 e. The highest BCUT2D eigenvalue weighted by Crippen LogP contribution is 2.31. The molecule has 0 radical (unpaired) electrons. The number of pyridine rings is 1. The number of aryl methyl sites for hydroxylation is 2. The first-order chi connectivity index (χ1) is 9.90. The smallest absolute Gasteiger partial charge is 0.335 e. The van der Waals surface area contributed by atoms with Gasteiger partial charge in [0.1, 0.15) is 5.82 Å². The minimum Gasteiger partial charge on any atom is -0.478 e. The van der Waals surface area contributed by atoms with Crippen LogP contribution < -0.4 is 5.32 Å². The molecule has 2 aromatic rings. The van der Waals surface area contributed by atoms with Gasteiger partial charge in [0.25, 0.3) is 0 Å². The molecular formula is C15H14BrClN2O2. The first-order valence-corrected chi connectivity index (χ1v) is 7.54. The largest absolute Gasteiger partial charge is 0.478 e. The summed E-state index contributed by atoms with van der Waals surface area (Å²) >= 11 is 9.57. The Morgan fingerprint density at radius 2 is 2.10 bits per heavy atom. The molecule has 1 aromatic heterocycles. The van der Waals surface area contributed by atoms with Gasteiger partial charge in [-0.1, -0.05) is 18.5 Å². The Hall–Kier alpha value is -1.59. The zero-order chi connectivity index (χ0) is 15.6. The van der Waals surface area contributed by atoms with Gasteiger partial charge in [-0.15, -0.1) is 0 Å². The number of carboxylic acids is 1. The number of nitrogens with zero attached hydrogens (tertiary/aromatic N) is 1. The second-order valence-electron chi connectivity index (χ2n) is 4.60. The summed E-state index contributed by atoms with van der Waals surface area (Å²) in [6, 6.07) is 6.75. The molecule has 110 valence electrons. The highest BCUT2D eigenvalue weighted by molar-refractivity contribution is 9.10. The fourth-order valence-electron chi connectivity index (χ4n) is 1.84. The van der Waals surface area contributed by atoms with E-state index in [1.807, 2.05) is 19.9 Å². The van der Waals surface area contributed by atoms with Crippen molar-refractivity contribution in [2.45, 2.75) is 20.3 Å². The Bertz CT molecular complexity index is 704. The molecule has 4 nitrogen and oxygen atoms in total. The van der Waals surface area contributed by atoms with Crippen LogP contribution >= 0.6 is 27.5 Å². The third-order valence-electron chi connectivity index (χ3n) is 3.00. The quantitative estimate of drug-likeness (QED) is 0.812. The number of aromatic nitrogens is 1. The molecule has 1 aromatic carbocycles. The Morgan fingerprint density at radius 1 is 1.38 bits per heavy atom. The molecule has 21 heavy (non-hydrogen) atoms. The lowest BCUT2D eigenvalue weighted by molar-refractivity contribution is 0.0696. The maximum atomic E-state index is 11.2. The second-order valence-corrected chi connectivity index (χ2v) is 5.86. The molecule has 0 aliphatic carbocycles. The molecule has 0 saturated carbocycles. The number of carbonyl (C=O) groups is 1. The van der Waals surface area contributed by atoms with E-state index in [0.717, 1.165) is 15.7 Å². The number of aromatic carboxylic acids is 1. The number of benzene rings is 1. The normalized spacial score (nSPS) is 10.5. The van der Waals surface area contributed by atoms with Crippen LogP contribution in [0.25, 0.3) is 0 Å². The first-order valence-electron chi connectivity index (χ1n) is 6.37. The number of hydrogen-bond donors (Lipinski definition) is 2. The summed E-state index contributed by atoms with van der Waals surface area (Å²) in [5, 5.41) is 12.9. The van der Waals surface area contributed by atoms with Crippen molar-refractivity contribution in [2.75, 3.05) is 5.32 Å². The average Bonchev–Trinajstić information content (AvgIpc) is 2.44. The summed E-state index contributed by atoms with van der Waals surface area (Å²) in [6.45, 7) is 3.84.